The van der Waals surface area contributed by atoms with Gasteiger partial charge in [-0.15, -0.1) is 12.4 Å². The highest BCUT2D eigenvalue weighted by Gasteiger charge is 2.30. The number of likely N-dealkylation sites (tertiary alicyclic amines) is 2. The van der Waals surface area contributed by atoms with Gasteiger partial charge < -0.3 is 15.1 Å². The maximum atomic E-state index is 12.6. The van der Waals surface area contributed by atoms with Crippen molar-refractivity contribution in [1.29, 1.82) is 0 Å². The van der Waals surface area contributed by atoms with Gasteiger partial charge in [0.1, 0.15) is 0 Å². The number of nitrogens with zero attached hydrogens (tertiary/aromatic N) is 2. The Hall–Kier alpha value is -0.810. The molecule has 0 aromatic heterocycles. The van der Waals surface area contributed by atoms with Crippen LogP contribution in [0.25, 0.3) is 0 Å². The lowest BCUT2D eigenvalue weighted by Crippen LogP contribution is -2.45. The van der Waals surface area contributed by atoms with Gasteiger partial charge >= 0.3 is 0 Å². The van der Waals surface area contributed by atoms with Crippen molar-refractivity contribution in [3.8, 4) is 0 Å². The van der Waals surface area contributed by atoms with E-state index in [9.17, 15) is 9.59 Å². The number of carbonyl (C=O) groups is 2. The topological polar surface area (TPSA) is 52.7 Å². The Morgan fingerprint density at radius 2 is 1.48 bits per heavy atom. The van der Waals surface area contributed by atoms with Crippen LogP contribution in [0.1, 0.15) is 57.8 Å². The molecule has 0 aromatic carbocycles. The summed E-state index contributed by atoms with van der Waals surface area (Å²) in [4.78, 5) is 29.1. The number of halogens is 1. The van der Waals surface area contributed by atoms with Crippen molar-refractivity contribution in [2.24, 2.45) is 11.8 Å². The molecule has 0 unspecified atom stereocenters. The Kier molecular flexibility index (Phi) is 8.50. The van der Waals surface area contributed by atoms with E-state index in [-0.39, 0.29) is 18.3 Å². The van der Waals surface area contributed by atoms with Crippen molar-refractivity contribution in [3.05, 3.63) is 0 Å². The van der Waals surface area contributed by atoms with Gasteiger partial charge in [0, 0.05) is 38.5 Å². The van der Waals surface area contributed by atoms with Crippen molar-refractivity contribution in [3.63, 3.8) is 0 Å². The second kappa shape index (κ2) is 10.4. The zero-order valence-corrected chi connectivity index (χ0v) is 16.2. The van der Waals surface area contributed by atoms with Crippen LogP contribution in [0.2, 0.25) is 0 Å². The van der Waals surface area contributed by atoms with Gasteiger partial charge in [0.2, 0.25) is 11.8 Å². The standard InChI is InChI=1S/C19H33N3O2.ClH/c23-18(5-4-16-6-10-20-11-7-16)21-14-8-17(9-15-21)19(24)22-12-2-1-3-13-22;/h16-17,20H,1-15H2;1H. The van der Waals surface area contributed by atoms with Gasteiger partial charge in [-0.1, -0.05) is 0 Å². The zero-order valence-electron chi connectivity index (χ0n) is 15.4. The number of piperidine rings is 3. The summed E-state index contributed by atoms with van der Waals surface area (Å²) in [5.41, 5.74) is 0. The zero-order chi connectivity index (χ0) is 16.8. The molecular formula is C19H34ClN3O2. The van der Waals surface area contributed by atoms with Crippen molar-refractivity contribution in [2.45, 2.75) is 57.8 Å². The number of amides is 2. The summed E-state index contributed by atoms with van der Waals surface area (Å²) in [5, 5.41) is 3.38. The third-order valence-electron chi connectivity index (χ3n) is 6.09. The fourth-order valence-electron chi connectivity index (χ4n) is 4.40. The van der Waals surface area contributed by atoms with Crippen LogP contribution in [0.15, 0.2) is 0 Å². The first kappa shape index (κ1) is 20.5. The van der Waals surface area contributed by atoms with Gasteiger partial charge in [-0.3, -0.25) is 9.59 Å². The summed E-state index contributed by atoms with van der Waals surface area (Å²) in [6, 6.07) is 0. The van der Waals surface area contributed by atoms with Crippen LogP contribution in [0.3, 0.4) is 0 Å². The van der Waals surface area contributed by atoms with E-state index in [1.807, 2.05) is 4.90 Å². The monoisotopic (exact) mass is 371 g/mol. The van der Waals surface area contributed by atoms with E-state index in [1.54, 1.807) is 0 Å². The van der Waals surface area contributed by atoms with Crippen LogP contribution in [-0.2, 0) is 9.59 Å². The Bertz CT molecular complexity index is 426. The molecule has 5 nitrogen and oxygen atoms in total. The molecule has 0 aliphatic carbocycles. The molecule has 144 valence electrons. The molecule has 3 aliphatic heterocycles. The normalized spacial score (nSPS) is 23.2. The minimum atomic E-state index is 0. The first-order valence-electron chi connectivity index (χ1n) is 10.0. The highest BCUT2D eigenvalue weighted by atomic mass is 35.5. The van der Waals surface area contributed by atoms with Crippen LogP contribution in [0.5, 0.6) is 0 Å². The molecule has 0 saturated carbocycles. The highest BCUT2D eigenvalue weighted by molar-refractivity contribution is 5.85. The predicted molar refractivity (Wildman–Crippen MR) is 102 cm³/mol. The summed E-state index contributed by atoms with van der Waals surface area (Å²) >= 11 is 0. The molecule has 1 N–H and O–H groups in total. The summed E-state index contributed by atoms with van der Waals surface area (Å²) < 4.78 is 0. The summed E-state index contributed by atoms with van der Waals surface area (Å²) in [6.45, 7) is 5.62. The first-order chi connectivity index (χ1) is 11.7. The number of hydrogen-bond donors (Lipinski definition) is 1. The average molecular weight is 372 g/mol. The minimum absolute atomic E-state index is 0. The molecule has 25 heavy (non-hydrogen) atoms. The molecule has 2 amide bonds. The fourth-order valence-corrected chi connectivity index (χ4v) is 4.40. The third kappa shape index (κ3) is 5.85. The van der Waals surface area contributed by atoms with Crippen molar-refractivity contribution in [1.82, 2.24) is 15.1 Å². The minimum Gasteiger partial charge on any atom is -0.343 e. The molecule has 0 bridgehead atoms. The quantitative estimate of drug-likeness (QED) is 0.825. The van der Waals surface area contributed by atoms with Crippen LogP contribution < -0.4 is 5.32 Å². The molecule has 0 atom stereocenters. The average Bonchev–Trinajstić information content (AvgIpc) is 2.67. The molecule has 3 saturated heterocycles. The SMILES string of the molecule is Cl.O=C(CCC1CCNCC1)N1CCC(C(=O)N2CCCCC2)CC1. The maximum Gasteiger partial charge on any atom is 0.225 e. The predicted octanol–water partition coefficient (Wildman–Crippen LogP) is 2.44. The first-order valence-corrected chi connectivity index (χ1v) is 10.0. The fraction of sp³-hybridized carbons (Fsp3) is 0.895. The molecular weight excluding hydrogens is 338 g/mol. The molecule has 0 spiro atoms. The summed E-state index contributed by atoms with van der Waals surface area (Å²) in [6.07, 6.45) is 9.41. The largest absolute Gasteiger partial charge is 0.343 e. The van der Waals surface area contributed by atoms with Crippen LogP contribution in [0.4, 0.5) is 0 Å². The molecule has 3 fully saturated rings. The lowest BCUT2D eigenvalue weighted by atomic mass is 9.91. The van der Waals surface area contributed by atoms with E-state index < -0.39 is 0 Å². The van der Waals surface area contributed by atoms with E-state index >= 15 is 0 Å². The van der Waals surface area contributed by atoms with E-state index in [2.05, 4.69) is 10.2 Å². The second-order valence-corrected chi connectivity index (χ2v) is 7.77. The van der Waals surface area contributed by atoms with Crippen molar-refractivity contribution >= 4 is 24.2 Å². The smallest absolute Gasteiger partial charge is 0.225 e. The van der Waals surface area contributed by atoms with E-state index in [4.69, 9.17) is 0 Å². The van der Waals surface area contributed by atoms with Crippen molar-refractivity contribution in [2.75, 3.05) is 39.3 Å². The molecule has 3 rings (SSSR count). The lowest BCUT2D eigenvalue weighted by Gasteiger charge is -2.35. The summed E-state index contributed by atoms with van der Waals surface area (Å²) in [7, 11) is 0. The van der Waals surface area contributed by atoms with Gasteiger partial charge in [-0.25, -0.2) is 0 Å². The molecule has 0 radical (unpaired) electrons. The van der Waals surface area contributed by atoms with Gasteiger partial charge in [0.05, 0.1) is 0 Å². The van der Waals surface area contributed by atoms with E-state index in [0.29, 0.717) is 24.2 Å². The summed E-state index contributed by atoms with van der Waals surface area (Å²) in [5.74, 6) is 1.51. The number of carbonyl (C=O) groups excluding carboxylic acids is 2. The van der Waals surface area contributed by atoms with E-state index in [1.165, 1.54) is 19.3 Å². The Morgan fingerprint density at radius 3 is 2.12 bits per heavy atom. The Morgan fingerprint density at radius 1 is 0.840 bits per heavy atom. The number of rotatable bonds is 4. The number of hydrogen-bond acceptors (Lipinski definition) is 3. The van der Waals surface area contributed by atoms with Crippen LogP contribution in [-0.4, -0.2) is 60.9 Å². The van der Waals surface area contributed by atoms with Crippen molar-refractivity contribution < 1.29 is 9.59 Å². The molecule has 0 aromatic rings. The Balaban J connectivity index is 0.00000225. The highest BCUT2D eigenvalue weighted by Crippen LogP contribution is 2.24. The molecule has 6 heteroatoms. The van der Waals surface area contributed by atoms with Gasteiger partial charge in [0.25, 0.3) is 0 Å². The van der Waals surface area contributed by atoms with E-state index in [0.717, 1.165) is 71.4 Å². The molecule has 3 heterocycles. The van der Waals surface area contributed by atoms with Gasteiger partial charge in [0.15, 0.2) is 0 Å². The maximum absolute atomic E-state index is 12.6. The lowest BCUT2D eigenvalue weighted by molar-refractivity contribution is -0.141. The van der Waals surface area contributed by atoms with Crippen LogP contribution >= 0.6 is 12.4 Å². The molecule has 3 aliphatic rings. The third-order valence-corrected chi connectivity index (χ3v) is 6.09. The second-order valence-electron chi connectivity index (χ2n) is 7.77. The van der Waals surface area contributed by atoms with Gasteiger partial charge in [-0.2, -0.15) is 0 Å². The van der Waals surface area contributed by atoms with Crippen LogP contribution in [0, 0.1) is 11.8 Å². The van der Waals surface area contributed by atoms with Gasteiger partial charge in [-0.05, 0) is 70.4 Å². The Labute approximate surface area is 158 Å². The number of nitrogens with one attached hydrogen (secondary N) is 1.